The van der Waals surface area contributed by atoms with E-state index in [1.165, 1.54) is 0 Å². The number of amides is 1. The number of halogens is 1. The molecule has 0 unspecified atom stereocenters. The van der Waals surface area contributed by atoms with Gasteiger partial charge in [-0.05, 0) is 37.6 Å². The Bertz CT molecular complexity index is 889. The fourth-order valence-electron chi connectivity index (χ4n) is 2.48. The van der Waals surface area contributed by atoms with E-state index in [9.17, 15) is 4.79 Å². The van der Waals surface area contributed by atoms with Crippen LogP contribution in [0.1, 0.15) is 15.4 Å². The van der Waals surface area contributed by atoms with Gasteiger partial charge in [0.15, 0.2) is 0 Å². The molecule has 1 amide bonds. The van der Waals surface area contributed by atoms with Gasteiger partial charge in [-0.1, -0.05) is 41.9 Å². The Morgan fingerprint density at radius 3 is 2.71 bits per heavy atom. The van der Waals surface area contributed by atoms with Gasteiger partial charge in [0.05, 0.1) is 12.1 Å². The van der Waals surface area contributed by atoms with Gasteiger partial charge < -0.3 is 5.32 Å². The summed E-state index contributed by atoms with van der Waals surface area (Å²) in [5.74, 6) is -0.0595. The van der Waals surface area contributed by atoms with E-state index < -0.39 is 0 Å². The predicted octanol–water partition coefficient (Wildman–Crippen LogP) is 5.26. The Morgan fingerprint density at radius 2 is 1.96 bits per heavy atom. The number of hydrogen-bond acceptors (Lipinski definition) is 3. The van der Waals surface area contributed by atoms with Crippen molar-refractivity contribution in [1.29, 1.82) is 0 Å². The van der Waals surface area contributed by atoms with Gasteiger partial charge in [0, 0.05) is 21.2 Å². The molecular weight excluding hydrogens is 340 g/mol. The first-order chi connectivity index (χ1) is 11.5. The second-order valence-corrected chi connectivity index (χ2v) is 7.29. The quantitative estimate of drug-likeness (QED) is 0.692. The molecule has 1 heterocycles. The molecule has 0 spiro atoms. The third-order valence-electron chi connectivity index (χ3n) is 3.67. The van der Waals surface area contributed by atoms with Crippen LogP contribution in [0.25, 0.3) is 11.3 Å². The summed E-state index contributed by atoms with van der Waals surface area (Å²) < 4.78 is 0. The number of benzene rings is 2. The number of thiazole rings is 1. The minimum atomic E-state index is -0.0595. The number of hydrogen-bond donors (Lipinski definition) is 1. The van der Waals surface area contributed by atoms with Crippen LogP contribution in [-0.4, -0.2) is 10.9 Å². The van der Waals surface area contributed by atoms with E-state index in [1.807, 2.05) is 62.4 Å². The van der Waals surface area contributed by atoms with Gasteiger partial charge in [0.2, 0.25) is 5.91 Å². The number of aromatic nitrogens is 1. The Morgan fingerprint density at radius 1 is 1.17 bits per heavy atom. The highest BCUT2D eigenvalue weighted by atomic mass is 35.5. The van der Waals surface area contributed by atoms with Crippen LogP contribution in [-0.2, 0) is 11.2 Å². The molecule has 0 saturated heterocycles. The highest BCUT2D eigenvalue weighted by molar-refractivity contribution is 7.12. The standard InChI is InChI=1S/C19H17ClN2OS/c1-12-6-3-4-9-16(12)21-17(23)11-18-22-19(13(2)24-18)14-7-5-8-15(20)10-14/h3-10H,11H2,1-2H3,(H,21,23). The van der Waals surface area contributed by atoms with Crippen molar-refractivity contribution in [2.75, 3.05) is 5.32 Å². The normalized spacial score (nSPS) is 10.6. The van der Waals surface area contributed by atoms with Crippen molar-refractivity contribution in [2.45, 2.75) is 20.3 Å². The fraction of sp³-hybridized carbons (Fsp3) is 0.158. The summed E-state index contributed by atoms with van der Waals surface area (Å²) in [5, 5.41) is 4.42. The predicted molar refractivity (Wildman–Crippen MR) is 101 cm³/mol. The first kappa shape index (κ1) is 16.7. The topological polar surface area (TPSA) is 42.0 Å². The van der Waals surface area contributed by atoms with Crippen molar-refractivity contribution in [2.24, 2.45) is 0 Å². The second kappa shape index (κ2) is 7.16. The van der Waals surface area contributed by atoms with Crippen LogP contribution in [0.3, 0.4) is 0 Å². The van der Waals surface area contributed by atoms with E-state index in [4.69, 9.17) is 11.6 Å². The maximum Gasteiger partial charge on any atom is 0.231 e. The number of nitrogens with zero attached hydrogens (tertiary/aromatic N) is 1. The largest absolute Gasteiger partial charge is 0.325 e. The zero-order chi connectivity index (χ0) is 17.1. The third-order valence-corrected chi connectivity index (χ3v) is 4.88. The van der Waals surface area contributed by atoms with Gasteiger partial charge in [-0.3, -0.25) is 4.79 Å². The molecule has 1 aromatic heterocycles. The summed E-state index contributed by atoms with van der Waals surface area (Å²) in [6, 6.07) is 15.3. The first-order valence-corrected chi connectivity index (χ1v) is 8.80. The minimum absolute atomic E-state index is 0.0595. The maximum atomic E-state index is 12.3. The van der Waals surface area contributed by atoms with Gasteiger partial charge in [0.25, 0.3) is 0 Å². The average molecular weight is 357 g/mol. The van der Waals surface area contributed by atoms with Crippen molar-refractivity contribution in [3.63, 3.8) is 0 Å². The van der Waals surface area contributed by atoms with E-state index in [2.05, 4.69) is 10.3 Å². The Hall–Kier alpha value is -2.17. The summed E-state index contributed by atoms with van der Waals surface area (Å²) in [6.07, 6.45) is 0.264. The van der Waals surface area contributed by atoms with Crippen LogP contribution in [0, 0.1) is 13.8 Å². The Balaban J connectivity index is 1.76. The molecule has 0 bridgehead atoms. The molecule has 122 valence electrons. The zero-order valence-electron chi connectivity index (χ0n) is 13.5. The van der Waals surface area contributed by atoms with Crippen LogP contribution in [0.15, 0.2) is 48.5 Å². The molecule has 3 rings (SSSR count). The molecule has 0 aliphatic rings. The molecule has 24 heavy (non-hydrogen) atoms. The van der Waals surface area contributed by atoms with Crippen LogP contribution >= 0.6 is 22.9 Å². The summed E-state index contributed by atoms with van der Waals surface area (Å²) >= 11 is 7.60. The number of carbonyl (C=O) groups is 1. The zero-order valence-corrected chi connectivity index (χ0v) is 15.0. The molecule has 0 aliphatic heterocycles. The van der Waals surface area contributed by atoms with Crippen molar-refractivity contribution in [3.05, 3.63) is 69.0 Å². The van der Waals surface area contributed by atoms with E-state index in [0.717, 1.165) is 32.4 Å². The number of nitrogens with one attached hydrogen (secondary N) is 1. The Labute approximate surface area is 150 Å². The van der Waals surface area contributed by atoms with Crippen molar-refractivity contribution >= 4 is 34.5 Å². The first-order valence-electron chi connectivity index (χ1n) is 7.60. The smallest absolute Gasteiger partial charge is 0.231 e. The highest BCUT2D eigenvalue weighted by Crippen LogP contribution is 2.29. The van der Waals surface area contributed by atoms with Gasteiger partial charge in [-0.2, -0.15) is 0 Å². The lowest BCUT2D eigenvalue weighted by Crippen LogP contribution is -2.14. The second-order valence-electron chi connectivity index (χ2n) is 5.56. The molecule has 0 aliphatic carbocycles. The van der Waals surface area contributed by atoms with Crippen molar-refractivity contribution in [3.8, 4) is 11.3 Å². The summed E-state index contributed by atoms with van der Waals surface area (Å²) in [5.41, 5.74) is 3.75. The van der Waals surface area contributed by atoms with Gasteiger partial charge in [0.1, 0.15) is 5.01 Å². The van der Waals surface area contributed by atoms with Gasteiger partial charge >= 0.3 is 0 Å². The lowest BCUT2D eigenvalue weighted by atomic mass is 10.1. The van der Waals surface area contributed by atoms with Crippen LogP contribution in [0.5, 0.6) is 0 Å². The van der Waals surface area contributed by atoms with E-state index >= 15 is 0 Å². The van der Waals surface area contributed by atoms with E-state index in [-0.39, 0.29) is 12.3 Å². The van der Waals surface area contributed by atoms with E-state index in [1.54, 1.807) is 11.3 Å². The van der Waals surface area contributed by atoms with Gasteiger partial charge in [-0.25, -0.2) is 4.98 Å². The molecule has 0 radical (unpaired) electrons. The summed E-state index contributed by atoms with van der Waals surface area (Å²) in [7, 11) is 0. The lowest BCUT2D eigenvalue weighted by molar-refractivity contribution is -0.115. The van der Waals surface area contributed by atoms with Crippen LogP contribution in [0.2, 0.25) is 5.02 Å². The Kier molecular flexibility index (Phi) is 4.97. The number of anilines is 1. The monoisotopic (exact) mass is 356 g/mol. The fourth-order valence-corrected chi connectivity index (χ4v) is 3.62. The van der Waals surface area contributed by atoms with Crippen LogP contribution < -0.4 is 5.32 Å². The third kappa shape index (κ3) is 3.83. The van der Waals surface area contributed by atoms with Crippen LogP contribution in [0.4, 0.5) is 5.69 Å². The lowest BCUT2D eigenvalue weighted by Gasteiger charge is -2.06. The minimum Gasteiger partial charge on any atom is -0.325 e. The number of para-hydroxylation sites is 1. The number of rotatable bonds is 4. The maximum absolute atomic E-state index is 12.3. The molecule has 3 nitrogen and oxygen atoms in total. The van der Waals surface area contributed by atoms with Gasteiger partial charge in [-0.15, -0.1) is 11.3 Å². The summed E-state index contributed by atoms with van der Waals surface area (Å²) in [4.78, 5) is 18.0. The molecule has 2 aromatic carbocycles. The highest BCUT2D eigenvalue weighted by Gasteiger charge is 2.13. The molecule has 5 heteroatoms. The summed E-state index contributed by atoms with van der Waals surface area (Å²) in [6.45, 7) is 3.98. The number of aryl methyl sites for hydroxylation is 2. The average Bonchev–Trinajstić information content (AvgIpc) is 2.90. The van der Waals surface area contributed by atoms with Crippen molar-refractivity contribution < 1.29 is 4.79 Å². The molecule has 0 saturated carbocycles. The molecule has 0 atom stereocenters. The molecule has 1 N–H and O–H groups in total. The molecular formula is C19H17ClN2OS. The number of carbonyl (C=O) groups excluding carboxylic acids is 1. The molecule has 3 aromatic rings. The molecule has 0 fully saturated rings. The SMILES string of the molecule is Cc1ccccc1NC(=O)Cc1nc(-c2cccc(Cl)c2)c(C)s1. The van der Waals surface area contributed by atoms with E-state index in [0.29, 0.717) is 5.02 Å². The van der Waals surface area contributed by atoms with Crippen molar-refractivity contribution in [1.82, 2.24) is 4.98 Å².